The predicted octanol–water partition coefficient (Wildman–Crippen LogP) is 3.30. The van der Waals surface area contributed by atoms with Crippen molar-refractivity contribution >= 4 is 17.5 Å². The molecule has 1 saturated heterocycles. The van der Waals surface area contributed by atoms with Gasteiger partial charge in [-0.1, -0.05) is 22.8 Å². The molecule has 2 aliphatic rings. The van der Waals surface area contributed by atoms with Crippen molar-refractivity contribution in [2.45, 2.75) is 25.3 Å². The highest BCUT2D eigenvalue weighted by molar-refractivity contribution is 6.31. The molecule has 0 spiro atoms. The standard InChI is InChI=1S/C18H19ClFN3O2/c19-14-2-1-3-15(20)13(14)11-22-6-8-23(9-7-22)18(24)16-10-17(25-21-16)12-4-5-12/h1-3,10,12H,4-9,11H2. The maximum atomic E-state index is 13.9. The van der Waals surface area contributed by atoms with Gasteiger partial charge in [0.25, 0.3) is 5.91 Å². The van der Waals surface area contributed by atoms with Crippen molar-refractivity contribution in [3.8, 4) is 0 Å². The van der Waals surface area contributed by atoms with Crippen molar-refractivity contribution in [3.63, 3.8) is 0 Å². The monoisotopic (exact) mass is 363 g/mol. The van der Waals surface area contributed by atoms with Crippen LogP contribution < -0.4 is 0 Å². The summed E-state index contributed by atoms with van der Waals surface area (Å²) in [7, 11) is 0. The highest BCUT2D eigenvalue weighted by atomic mass is 35.5. The lowest BCUT2D eigenvalue weighted by molar-refractivity contribution is 0.0617. The Kier molecular flexibility index (Phi) is 4.48. The summed E-state index contributed by atoms with van der Waals surface area (Å²) in [4.78, 5) is 16.4. The van der Waals surface area contributed by atoms with Gasteiger partial charge in [-0.25, -0.2) is 4.39 Å². The van der Waals surface area contributed by atoms with Gasteiger partial charge in [-0.3, -0.25) is 9.69 Å². The summed E-state index contributed by atoms with van der Waals surface area (Å²) in [5.41, 5.74) is 0.891. The van der Waals surface area contributed by atoms with Crippen molar-refractivity contribution in [1.29, 1.82) is 0 Å². The van der Waals surface area contributed by atoms with Crippen molar-refractivity contribution in [2.75, 3.05) is 26.2 Å². The molecule has 1 amide bonds. The molecule has 25 heavy (non-hydrogen) atoms. The Bertz CT molecular complexity index is 762. The molecule has 1 aliphatic carbocycles. The van der Waals surface area contributed by atoms with Gasteiger partial charge in [0.15, 0.2) is 5.69 Å². The maximum absolute atomic E-state index is 13.9. The molecule has 132 valence electrons. The minimum absolute atomic E-state index is 0.0979. The van der Waals surface area contributed by atoms with Gasteiger partial charge in [0.1, 0.15) is 11.6 Å². The third-order valence-electron chi connectivity index (χ3n) is 4.83. The largest absolute Gasteiger partial charge is 0.360 e. The van der Waals surface area contributed by atoms with Crippen LogP contribution in [0.25, 0.3) is 0 Å². The molecule has 0 atom stereocenters. The zero-order valence-electron chi connectivity index (χ0n) is 13.8. The number of piperazine rings is 1. The van der Waals surface area contributed by atoms with Crippen molar-refractivity contribution in [1.82, 2.24) is 15.0 Å². The van der Waals surface area contributed by atoms with Crippen LogP contribution in [0.3, 0.4) is 0 Å². The van der Waals surface area contributed by atoms with E-state index in [4.69, 9.17) is 16.1 Å². The number of carbonyl (C=O) groups excluding carboxylic acids is 1. The van der Waals surface area contributed by atoms with Crippen LogP contribution >= 0.6 is 11.6 Å². The molecule has 4 rings (SSSR count). The summed E-state index contributed by atoms with van der Waals surface area (Å²) in [5.74, 6) is 0.869. The minimum Gasteiger partial charge on any atom is -0.360 e. The van der Waals surface area contributed by atoms with Crippen LogP contribution in [-0.4, -0.2) is 47.0 Å². The van der Waals surface area contributed by atoms with E-state index in [1.165, 1.54) is 6.07 Å². The molecule has 1 aromatic carbocycles. The van der Waals surface area contributed by atoms with Crippen molar-refractivity contribution < 1.29 is 13.7 Å². The molecule has 2 fully saturated rings. The second-order valence-electron chi connectivity index (χ2n) is 6.66. The van der Waals surface area contributed by atoms with Crippen LogP contribution in [0.1, 0.15) is 40.6 Å². The lowest BCUT2D eigenvalue weighted by Gasteiger charge is -2.34. The zero-order valence-corrected chi connectivity index (χ0v) is 14.5. The highest BCUT2D eigenvalue weighted by Gasteiger charge is 2.30. The first-order chi connectivity index (χ1) is 12.1. The van der Waals surface area contributed by atoms with Crippen LogP contribution in [0.5, 0.6) is 0 Å². The molecule has 2 heterocycles. The highest BCUT2D eigenvalue weighted by Crippen LogP contribution is 2.40. The van der Waals surface area contributed by atoms with E-state index < -0.39 is 0 Å². The third-order valence-corrected chi connectivity index (χ3v) is 5.18. The number of halogens is 2. The SMILES string of the molecule is O=C(c1cc(C2CC2)on1)N1CCN(Cc2c(F)cccc2Cl)CC1. The van der Waals surface area contributed by atoms with Crippen LogP contribution in [0.4, 0.5) is 4.39 Å². The van der Waals surface area contributed by atoms with Crippen molar-refractivity contribution in [2.24, 2.45) is 0 Å². The van der Waals surface area contributed by atoms with E-state index >= 15 is 0 Å². The van der Waals surface area contributed by atoms with Gasteiger partial charge in [0.2, 0.25) is 0 Å². The molecule has 1 aromatic heterocycles. The number of amides is 1. The van der Waals surface area contributed by atoms with Gasteiger partial charge in [-0.15, -0.1) is 0 Å². The molecule has 0 N–H and O–H groups in total. The van der Waals surface area contributed by atoms with E-state index in [1.807, 2.05) is 0 Å². The van der Waals surface area contributed by atoms with Crippen molar-refractivity contribution in [3.05, 3.63) is 52.1 Å². The molecule has 0 bridgehead atoms. The summed E-state index contributed by atoms with van der Waals surface area (Å²) in [6.07, 6.45) is 2.22. The lowest BCUT2D eigenvalue weighted by Crippen LogP contribution is -2.48. The summed E-state index contributed by atoms with van der Waals surface area (Å²) in [6, 6.07) is 6.49. The summed E-state index contributed by atoms with van der Waals surface area (Å²) in [5, 5.41) is 4.35. The molecule has 0 unspecified atom stereocenters. The van der Waals surface area contributed by atoms with E-state index in [2.05, 4.69) is 10.1 Å². The van der Waals surface area contributed by atoms with E-state index in [1.54, 1.807) is 23.1 Å². The van der Waals surface area contributed by atoms with Gasteiger partial charge in [-0.05, 0) is 25.0 Å². The number of nitrogens with zero attached hydrogens (tertiary/aromatic N) is 3. The van der Waals surface area contributed by atoms with Gasteiger partial charge in [0, 0.05) is 55.3 Å². The smallest absolute Gasteiger partial charge is 0.276 e. The molecule has 1 saturated carbocycles. The average Bonchev–Trinajstić information content (AvgIpc) is 3.35. The number of hydrogen-bond donors (Lipinski definition) is 0. The summed E-state index contributed by atoms with van der Waals surface area (Å²) < 4.78 is 19.2. The van der Waals surface area contributed by atoms with Gasteiger partial charge < -0.3 is 9.42 Å². The lowest BCUT2D eigenvalue weighted by atomic mass is 10.1. The van der Waals surface area contributed by atoms with E-state index in [0.29, 0.717) is 54.9 Å². The van der Waals surface area contributed by atoms with Gasteiger partial charge in [0.05, 0.1) is 0 Å². The minimum atomic E-state index is -0.291. The Morgan fingerprint density at radius 3 is 2.72 bits per heavy atom. The summed E-state index contributed by atoms with van der Waals surface area (Å²) >= 11 is 6.09. The normalized spacial score (nSPS) is 18.6. The number of rotatable bonds is 4. The van der Waals surface area contributed by atoms with Crippen LogP contribution in [0.15, 0.2) is 28.8 Å². The Balaban J connectivity index is 1.35. The molecular weight excluding hydrogens is 345 g/mol. The molecular formula is C18H19ClFN3O2. The third kappa shape index (κ3) is 3.55. The first-order valence-electron chi connectivity index (χ1n) is 8.53. The maximum Gasteiger partial charge on any atom is 0.276 e. The fraction of sp³-hybridized carbons (Fsp3) is 0.444. The van der Waals surface area contributed by atoms with E-state index in [9.17, 15) is 9.18 Å². The number of hydrogen-bond acceptors (Lipinski definition) is 4. The first kappa shape index (κ1) is 16.5. The topological polar surface area (TPSA) is 49.6 Å². The quantitative estimate of drug-likeness (QED) is 0.836. The molecule has 1 aliphatic heterocycles. The Hall–Kier alpha value is -1.92. The molecule has 2 aromatic rings. The predicted molar refractivity (Wildman–Crippen MR) is 91.1 cm³/mol. The van der Waals surface area contributed by atoms with Gasteiger partial charge in [-0.2, -0.15) is 0 Å². The van der Waals surface area contributed by atoms with Crippen LogP contribution in [0.2, 0.25) is 5.02 Å². The first-order valence-corrected chi connectivity index (χ1v) is 8.91. The van der Waals surface area contributed by atoms with Gasteiger partial charge >= 0.3 is 0 Å². The molecule has 7 heteroatoms. The second-order valence-corrected chi connectivity index (χ2v) is 7.06. The number of benzene rings is 1. The fourth-order valence-electron chi connectivity index (χ4n) is 3.13. The van der Waals surface area contributed by atoms with Crippen LogP contribution in [0, 0.1) is 5.82 Å². The Labute approximate surface area is 150 Å². The Morgan fingerprint density at radius 1 is 1.28 bits per heavy atom. The molecule has 0 radical (unpaired) electrons. The summed E-state index contributed by atoms with van der Waals surface area (Å²) in [6.45, 7) is 2.95. The average molecular weight is 364 g/mol. The Morgan fingerprint density at radius 2 is 2.04 bits per heavy atom. The number of carbonyl (C=O) groups is 1. The molecule has 5 nitrogen and oxygen atoms in total. The van der Waals surface area contributed by atoms with Crippen LogP contribution in [-0.2, 0) is 6.54 Å². The van der Waals surface area contributed by atoms with E-state index in [-0.39, 0.29) is 11.7 Å². The second kappa shape index (κ2) is 6.77. The van der Waals surface area contributed by atoms with E-state index in [0.717, 1.165) is 18.6 Å². The fourth-order valence-corrected chi connectivity index (χ4v) is 3.35. The number of aromatic nitrogens is 1. The zero-order chi connectivity index (χ0) is 17.4.